The number of nitrogens with zero attached hydrogens (tertiary/aromatic N) is 2. The first kappa shape index (κ1) is 21.2. The summed E-state index contributed by atoms with van der Waals surface area (Å²) in [5, 5.41) is 2.62. The Labute approximate surface area is 180 Å². The van der Waals surface area contributed by atoms with E-state index in [1.165, 1.54) is 23.4 Å². The highest BCUT2D eigenvalue weighted by Gasteiger charge is 2.51. The normalized spacial score (nSPS) is 19.2. The lowest BCUT2D eigenvalue weighted by atomic mass is 10.2. The molecule has 162 valence electrons. The maximum absolute atomic E-state index is 13.4. The van der Waals surface area contributed by atoms with E-state index in [9.17, 15) is 22.8 Å². The van der Waals surface area contributed by atoms with Crippen LogP contribution in [0.2, 0.25) is 0 Å². The average Bonchev–Trinajstić information content (AvgIpc) is 3.49. The van der Waals surface area contributed by atoms with Crippen molar-refractivity contribution in [2.75, 3.05) is 10.2 Å². The summed E-state index contributed by atoms with van der Waals surface area (Å²) in [5.74, 6) is -1.24. The third-order valence-corrected chi connectivity index (χ3v) is 7.35. The van der Waals surface area contributed by atoms with Crippen molar-refractivity contribution in [2.24, 2.45) is 0 Å². The van der Waals surface area contributed by atoms with Crippen LogP contribution in [0.15, 0.2) is 53.4 Å². The molecule has 1 aliphatic heterocycles. The van der Waals surface area contributed by atoms with Crippen LogP contribution in [0.1, 0.15) is 31.7 Å². The Hall–Kier alpha value is -3.04. The van der Waals surface area contributed by atoms with Crippen molar-refractivity contribution in [1.29, 1.82) is 0 Å². The van der Waals surface area contributed by atoms with Gasteiger partial charge in [0.15, 0.2) is 0 Å². The van der Waals surface area contributed by atoms with Crippen molar-refractivity contribution in [3.05, 3.63) is 54.1 Å². The van der Waals surface area contributed by atoms with Gasteiger partial charge in [-0.15, -0.1) is 0 Å². The standard InChI is InChI=1S/C22H23N3O5S/c1-14-3-11-19(12-4-14)31(29,30)25(18-9-10-18)20-13-21(27)24(22(20)28)17-7-5-16(6-8-17)23-15(2)26/h3-8,11-12,18,20H,9-10,13H2,1-2H3,(H,23,26). The van der Waals surface area contributed by atoms with Crippen LogP contribution in [0.3, 0.4) is 0 Å². The summed E-state index contributed by atoms with van der Waals surface area (Å²) in [6, 6.07) is 11.4. The number of hydrogen-bond donors (Lipinski definition) is 1. The van der Waals surface area contributed by atoms with Crippen LogP contribution in [-0.4, -0.2) is 42.5 Å². The summed E-state index contributed by atoms with van der Waals surface area (Å²) in [4.78, 5) is 38.3. The van der Waals surface area contributed by atoms with Gasteiger partial charge in [-0.05, 0) is 56.2 Å². The van der Waals surface area contributed by atoms with Gasteiger partial charge in [0.25, 0.3) is 5.91 Å². The number of benzene rings is 2. The summed E-state index contributed by atoms with van der Waals surface area (Å²) in [6.45, 7) is 3.25. The van der Waals surface area contributed by atoms with Crippen molar-refractivity contribution >= 4 is 39.1 Å². The van der Waals surface area contributed by atoms with E-state index in [1.807, 2.05) is 6.92 Å². The van der Waals surface area contributed by atoms with Gasteiger partial charge in [-0.1, -0.05) is 17.7 Å². The minimum absolute atomic E-state index is 0.114. The second kappa shape index (κ2) is 7.90. The van der Waals surface area contributed by atoms with Gasteiger partial charge in [0.2, 0.25) is 21.8 Å². The maximum atomic E-state index is 13.4. The first-order chi connectivity index (χ1) is 14.7. The van der Waals surface area contributed by atoms with E-state index in [0.29, 0.717) is 24.2 Å². The molecule has 9 heteroatoms. The quantitative estimate of drug-likeness (QED) is 0.694. The molecule has 1 heterocycles. The third-order valence-electron chi connectivity index (χ3n) is 5.38. The molecular weight excluding hydrogens is 418 g/mol. The molecule has 0 radical (unpaired) electrons. The van der Waals surface area contributed by atoms with E-state index in [0.717, 1.165) is 10.5 Å². The number of imide groups is 1. The molecule has 3 amide bonds. The Kier molecular flexibility index (Phi) is 5.40. The average molecular weight is 442 g/mol. The Bertz CT molecular complexity index is 1140. The van der Waals surface area contributed by atoms with Crippen LogP contribution in [0.25, 0.3) is 0 Å². The summed E-state index contributed by atoms with van der Waals surface area (Å²) < 4.78 is 27.9. The molecule has 1 saturated carbocycles. The molecule has 2 aliphatic rings. The second-order valence-electron chi connectivity index (χ2n) is 7.89. The summed E-state index contributed by atoms with van der Waals surface area (Å²) in [5.41, 5.74) is 1.81. The predicted octanol–water partition coefficient (Wildman–Crippen LogP) is 2.44. The molecule has 4 rings (SSSR count). The molecule has 1 unspecified atom stereocenters. The number of nitrogens with one attached hydrogen (secondary N) is 1. The Morgan fingerprint density at radius 1 is 1.03 bits per heavy atom. The molecule has 1 saturated heterocycles. The van der Waals surface area contributed by atoms with Crippen molar-refractivity contribution in [3.8, 4) is 0 Å². The van der Waals surface area contributed by atoms with Gasteiger partial charge in [-0.25, -0.2) is 13.3 Å². The molecule has 1 N–H and O–H groups in total. The third kappa shape index (κ3) is 4.11. The van der Waals surface area contributed by atoms with E-state index in [1.54, 1.807) is 36.4 Å². The fourth-order valence-electron chi connectivity index (χ4n) is 3.76. The number of amides is 3. The largest absolute Gasteiger partial charge is 0.326 e. The number of anilines is 2. The van der Waals surface area contributed by atoms with Crippen LogP contribution in [0.5, 0.6) is 0 Å². The van der Waals surface area contributed by atoms with Gasteiger partial charge in [0, 0.05) is 18.7 Å². The van der Waals surface area contributed by atoms with Gasteiger partial charge in [0.1, 0.15) is 6.04 Å². The number of hydrogen-bond acceptors (Lipinski definition) is 5. The van der Waals surface area contributed by atoms with Crippen LogP contribution >= 0.6 is 0 Å². The number of aryl methyl sites for hydroxylation is 1. The minimum atomic E-state index is -3.93. The van der Waals surface area contributed by atoms with Gasteiger partial charge in [-0.3, -0.25) is 14.4 Å². The lowest BCUT2D eigenvalue weighted by Gasteiger charge is -2.26. The predicted molar refractivity (Wildman–Crippen MR) is 115 cm³/mol. The van der Waals surface area contributed by atoms with Crippen LogP contribution in [-0.2, 0) is 24.4 Å². The van der Waals surface area contributed by atoms with Crippen molar-refractivity contribution in [1.82, 2.24) is 4.31 Å². The first-order valence-electron chi connectivity index (χ1n) is 10.0. The lowest BCUT2D eigenvalue weighted by Crippen LogP contribution is -2.46. The van der Waals surface area contributed by atoms with Crippen molar-refractivity contribution < 1.29 is 22.8 Å². The SMILES string of the molecule is CC(=O)Nc1ccc(N2C(=O)CC(N(C3CC3)S(=O)(=O)c3ccc(C)cc3)C2=O)cc1. The van der Waals surface area contributed by atoms with Crippen LogP contribution < -0.4 is 10.2 Å². The van der Waals surface area contributed by atoms with E-state index < -0.39 is 27.9 Å². The van der Waals surface area contributed by atoms with Crippen LogP contribution in [0.4, 0.5) is 11.4 Å². The Morgan fingerprint density at radius 2 is 1.65 bits per heavy atom. The zero-order valence-electron chi connectivity index (χ0n) is 17.2. The molecule has 2 aromatic rings. The molecule has 0 bridgehead atoms. The Morgan fingerprint density at radius 3 is 2.19 bits per heavy atom. The molecule has 0 aromatic heterocycles. The number of sulfonamides is 1. The fraction of sp³-hybridized carbons (Fsp3) is 0.318. The second-order valence-corrected chi connectivity index (χ2v) is 9.74. The summed E-state index contributed by atoms with van der Waals surface area (Å²) in [7, 11) is -3.93. The summed E-state index contributed by atoms with van der Waals surface area (Å²) in [6.07, 6.45) is 1.12. The molecular formula is C22H23N3O5S. The van der Waals surface area contributed by atoms with Gasteiger partial charge < -0.3 is 5.32 Å². The molecule has 2 fully saturated rings. The van der Waals surface area contributed by atoms with E-state index in [2.05, 4.69) is 5.32 Å². The number of carbonyl (C=O) groups excluding carboxylic acids is 3. The van der Waals surface area contributed by atoms with Crippen LogP contribution in [0, 0.1) is 6.92 Å². The van der Waals surface area contributed by atoms with Gasteiger partial charge in [0.05, 0.1) is 17.0 Å². The maximum Gasteiger partial charge on any atom is 0.252 e. The molecule has 1 aliphatic carbocycles. The highest BCUT2D eigenvalue weighted by Crippen LogP contribution is 2.38. The highest BCUT2D eigenvalue weighted by atomic mass is 32.2. The lowest BCUT2D eigenvalue weighted by molar-refractivity contribution is -0.122. The first-order valence-corrected chi connectivity index (χ1v) is 11.5. The van der Waals surface area contributed by atoms with E-state index in [-0.39, 0.29) is 23.3 Å². The number of rotatable bonds is 6. The van der Waals surface area contributed by atoms with E-state index >= 15 is 0 Å². The van der Waals surface area contributed by atoms with Gasteiger partial charge >= 0.3 is 0 Å². The zero-order chi connectivity index (χ0) is 22.3. The minimum Gasteiger partial charge on any atom is -0.326 e. The van der Waals surface area contributed by atoms with Crippen molar-refractivity contribution in [3.63, 3.8) is 0 Å². The molecule has 1 atom stereocenters. The monoisotopic (exact) mass is 441 g/mol. The topological polar surface area (TPSA) is 104 Å². The molecule has 8 nitrogen and oxygen atoms in total. The van der Waals surface area contributed by atoms with E-state index in [4.69, 9.17) is 0 Å². The fourth-order valence-corrected chi connectivity index (χ4v) is 5.59. The number of carbonyl (C=O) groups is 3. The molecule has 2 aromatic carbocycles. The Balaban J connectivity index is 1.63. The van der Waals surface area contributed by atoms with Gasteiger partial charge in [-0.2, -0.15) is 4.31 Å². The van der Waals surface area contributed by atoms with Crippen molar-refractivity contribution in [2.45, 2.75) is 50.1 Å². The molecule has 0 spiro atoms. The highest BCUT2D eigenvalue weighted by molar-refractivity contribution is 7.89. The zero-order valence-corrected chi connectivity index (χ0v) is 18.1. The smallest absolute Gasteiger partial charge is 0.252 e. The molecule has 31 heavy (non-hydrogen) atoms. The summed E-state index contributed by atoms with van der Waals surface area (Å²) >= 11 is 0.